The van der Waals surface area contributed by atoms with Crippen molar-refractivity contribution in [1.82, 2.24) is 4.98 Å². The van der Waals surface area contributed by atoms with Crippen LogP contribution < -0.4 is 4.74 Å². The van der Waals surface area contributed by atoms with Crippen LogP contribution in [0.5, 0.6) is 5.88 Å². The van der Waals surface area contributed by atoms with Crippen LogP contribution in [0.2, 0.25) is 0 Å². The molecule has 0 spiro atoms. The molecule has 0 atom stereocenters. The summed E-state index contributed by atoms with van der Waals surface area (Å²) in [4.78, 5) is 13.3. The van der Waals surface area contributed by atoms with Gasteiger partial charge in [0, 0.05) is 6.07 Å². The highest BCUT2D eigenvalue weighted by Crippen LogP contribution is 2.21. The predicted octanol–water partition coefficient (Wildman–Crippen LogP) is 1.40. The number of nitrogens with zero attached hydrogens (tertiary/aromatic N) is 2. The van der Waals surface area contributed by atoms with Gasteiger partial charge in [0.1, 0.15) is 0 Å². The molecule has 0 saturated heterocycles. The summed E-state index contributed by atoms with van der Waals surface area (Å²) in [7, 11) is 1.45. The molecule has 0 unspecified atom stereocenters. The lowest BCUT2D eigenvalue weighted by atomic mass is 10.4. The Morgan fingerprint density at radius 1 is 1.83 bits per heavy atom. The quantitative estimate of drug-likeness (QED) is 0.466. The summed E-state index contributed by atoms with van der Waals surface area (Å²) in [6, 6.07) is 1.35. The van der Waals surface area contributed by atoms with Crippen LogP contribution in [0.3, 0.4) is 0 Å². The molecule has 5 nitrogen and oxygen atoms in total. The SMILES string of the molecule is COc1n[c]c([N+](=O)[O-])cc1I. The van der Waals surface area contributed by atoms with Crippen LogP contribution in [-0.4, -0.2) is 17.0 Å². The van der Waals surface area contributed by atoms with Crippen LogP contribution in [0, 0.1) is 19.9 Å². The summed E-state index contributed by atoms with van der Waals surface area (Å²) >= 11 is 1.91. The lowest BCUT2D eigenvalue weighted by Gasteiger charge is -1.98. The Bertz CT molecular complexity index is 316. The molecule has 1 heterocycles. The van der Waals surface area contributed by atoms with Gasteiger partial charge in [-0.1, -0.05) is 0 Å². The molecule has 0 bridgehead atoms. The molecule has 12 heavy (non-hydrogen) atoms. The normalized spacial score (nSPS) is 9.50. The van der Waals surface area contributed by atoms with E-state index in [1.807, 2.05) is 22.6 Å². The third-order valence-corrected chi connectivity index (χ3v) is 1.90. The number of aromatic nitrogens is 1. The van der Waals surface area contributed by atoms with Crippen molar-refractivity contribution >= 4 is 28.3 Å². The number of nitro groups is 1. The van der Waals surface area contributed by atoms with Crippen LogP contribution in [0.15, 0.2) is 6.07 Å². The van der Waals surface area contributed by atoms with E-state index in [0.29, 0.717) is 9.45 Å². The number of rotatable bonds is 2. The minimum atomic E-state index is -0.547. The molecule has 0 aliphatic rings. The van der Waals surface area contributed by atoms with E-state index in [-0.39, 0.29) is 5.69 Å². The van der Waals surface area contributed by atoms with Crippen molar-refractivity contribution < 1.29 is 9.66 Å². The fraction of sp³-hybridized carbons (Fsp3) is 0.167. The minimum Gasteiger partial charge on any atom is -0.480 e. The number of hydrogen-bond acceptors (Lipinski definition) is 4. The molecule has 0 amide bonds. The number of methoxy groups -OCH3 is 1. The van der Waals surface area contributed by atoms with E-state index in [2.05, 4.69) is 11.2 Å². The zero-order chi connectivity index (χ0) is 9.14. The second kappa shape index (κ2) is 3.65. The average molecular weight is 279 g/mol. The van der Waals surface area contributed by atoms with Crippen molar-refractivity contribution in [3.05, 3.63) is 25.9 Å². The van der Waals surface area contributed by atoms with Crippen molar-refractivity contribution in [3.8, 4) is 5.88 Å². The summed E-state index contributed by atoms with van der Waals surface area (Å²) < 4.78 is 5.40. The maximum Gasteiger partial charge on any atom is 0.298 e. The van der Waals surface area contributed by atoms with E-state index < -0.39 is 4.92 Å². The predicted molar refractivity (Wildman–Crippen MR) is 49.0 cm³/mol. The van der Waals surface area contributed by atoms with Crippen molar-refractivity contribution in [3.63, 3.8) is 0 Å². The van der Waals surface area contributed by atoms with Crippen LogP contribution >= 0.6 is 22.6 Å². The summed E-state index contributed by atoms with van der Waals surface area (Å²) in [5.74, 6) is 0.348. The van der Waals surface area contributed by atoms with Crippen molar-refractivity contribution in [2.24, 2.45) is 0 Å². The highest BCUT2D eigenvalue weighted by molar-refractivity contribution is 14.1. The third-order valence-electron chi connectivity index (χ3n) is 1.13. The largest absolute Gasteiger partial charge is 0.480 e. The first-order valence-electron chi connectivity index (χ1n) is 2.91. The summed E-state index contributed by atoms with van der Waals surface area (Å²) in [6.45, 7) is 0. The van der Waals surface area contributed by atoms with Crippen LogP contribution in [-0.2, 0) is 0 Å². The van der Waals surface area contributed by atoms with Gasteiger partial charge in [-0.3, -0.25) is 10.1 Å². The van der Waals surface area contributed by atoms with E-state index in [1.54, 1.807) is 0 Å². The molecule has 0 N–H and O–H groups in total. The Balaban J connectivity index is 3.10. The van der Waals surface area contributed by atoms with Crippen molar-refractivity contribution in [2.45, 2.75) is 0 Å². The van der Waals surface area contributed by atoms with Crippen LogP contribution in [0.1, 0.15) is 0 Å². The zero-order valence-corrected chi connectivity index (χ0v) is 8.23. The monoisotopic (exact) mass is 279 g/mol. The second-order valence-electron chi connectivity index (χ2n) is 1.87. The standard InChI is InChI=1S/C6H4IN2O3/c1-12-6-5(7)2-4(3-8-6)9(10)11/h2H,1H3. The fourth-order valence-corrected chi connectivity index (χ4v) is 1.25. The molecule has 1 aromatic rings. The summed E-state index contributed by atoms with van der Waals surface area (Å²) in [6.07, 6.45) is 2.25. The average Bonchev–Trinajstić information content (AvgIpc) is 2.04. The second-order valence-corrected chi connectivity index (χ2v) is 3.03. The molecule has 6 heteroatoms. The van der Waals surface area contributed by atoms with Gasteiger partial charge in [-0.15, -0.1) is 0 Å². The first-order valence-corrected chi connectivity index (χ1v) is 3.99. The smallest absolute Gasteiger partial charge is 0.298 e. The van der Waals surface area contributed by atoms with Crippen molar-refractivity contribution in [1.29, 1.82) is 0 Å². The number of hydrogen-bond donors (Lipinski definition) is 0. The van der Waals surface area contributed by atoms with Gasteiger partial charge < -0.3 is 4.74 Å². The van der Waals surface area contributed by atoms with Crippen LogP contribution in [0.25, 0.3) is 0 Å². The molecule has 0 aliphatic heterocycles. The van der Waals surface area contributed by atoms with E-state index in [9.17, 15) is 10.1 Å². The summed E-state index contributed by atoms with van der Waals surface area (Å²) in [5.41, 5.74) is -0.153. The molecular formula is C6H4IN2O3. The third kappa shape index (κ3) is 1.81. The van der Waals surface area contributed by atoms with E-state index >= 15 is 0 Å². The minimum absolute atomic E-state index is 0.153. The molecule has 1 rings (SSSR count). The maximum absolute atomic E-state index is 10.2. The van der Waals surface area contributed by atoms with Gasteiger partial charge in [0.15, 0.2) is 6.20 Å². The molecular weight excluding hydrogens is 275 g/mol. The highest BCUT2D eigenvalue weighted by atomic mass is 127. The van der Waals surface area contributed by atoms with E-state index in [4.69, 9.17) is 4.74 Å². The Morgan fingerprint density at radius 2 is 2.50 bits per heavy atom. The fourth-order valence-electron chi connectivity index (χ4n) is 0.612. The molecule has 1 aromatic heterocycles. The lowest BCUT2D eigenvalue weighted by molar-refractivity contribution is -0.385. The number of halogens is 1. The summed E-state index contributed by atoms with van der Waals surface area (Å²) in [5, 5.41) is 10.2. The molecule has 0 saturated carbocycles. The molecule has 0 fully saturated rings. The van der Waals surface area contributed by atoms with Crippen LogP contribution in [0.4, 0.5) is 5.69 Å². The number of ether oxygens (including phenoxy) is 1. The Kier molecular flexibility index (Phi) is 2.79. The Morgan fingerprint density at radius 3 is 2.92 bits per heavy atom. The van der Waals surface area contributed by atoms with Gasteiger partial charge in [-0.25, -0.2) is 4.98 Å². The van der Waals surface area contributed by atoms with Gasteiger partial charge in [-0.2, -0.15) is 0 Å². The van der Waals surface area contributed by atoms with Gasteiger partial charge in [0.05, 0.1) is 15.6 Å². The molecule has 0 aliphatic carbocycles. The molecule has 1 radical (unpaired) electrons. The highest BCUT2D eigenvalue weighted by Gasteiger charge is 2.10. The van der Waals surface area contributed by atoms with Gasteiger partial charge in [-0.05, 0) is 22.6 Å². The topological polar surface area (TPSA) is 65.3 Å². The molecule has 0 aromatic carbocycles. The lowest BCUT2D eigenvalue weighted by Crippen LogP contribution is -1.94. The zero-order valence-electron chi connectivity index (χ0n) is 6.07. The first-order chi connectivity index (χ1) is 5.65. The molecule has 63 valence electrons. The number of pyridine rings is 1. The first kappa shape index (κ1) is 9.17. The Labute approximate surface area is 82.0 Å². The van der Waals surface area contributed by atoms with Gasteiger partial charge >= 0.3 is 0 Å². The van der Waals surface area contributed by atoms with Crippen molar-refractivity contribution in [2.75, 3.05) is 7.11 Å². The Hall–Kier alpha value is -0.920. The van der Waals surface area contributed by atoms with Gasteiger partial charge in [0.2, 0.25) is 5.88 Å². The maximum atomic E-state index is 10.2. The van der Waals surface area contributed by atoms with Gasteiger partial charge in [0.25, 0.3) is 5.69 Å². The van der Waals surface area contributed by atoms with E-state index in [1.165, 1.54) is 13.2 Å². The van der Waals surface area contributed by atoms with E-state index in [0.717, 1.165) is 0 Å².